The van der Waals surface area contributed by atoms with Gasteiger partial charge in [0.15, 0.2) is 5.11 Å². The fourth-order valence-electron chi connectivity index (χ4n) is 1.59. The summed E-state index contributed by atoms with van der Waals surface area (Å²) in [5.41, 5.74) is 1.09. The maximum absolute atomic E-state index is 13.0. The molecule has 0 unspecified atom stereocenters. The molecule has 0 saturated carbocycles. The first-order valence-electron chi connectivity index (χ1n) is 6.02. The van der Waals surface area contributed by atoms with E-state index in [1.807, 2.05) is 0 Å². The first-order valence-corrected chi connectivity index (χ1v) is 6.80. The van der Waals surface area contributed by atoms with Gasteiger partial charge in [0.25, 0.3) is 0 Å². The second kappa shape index (κ2) is 7.33. The summed E-state index contributed by atoms with van der Waals surface area (Å²) in [4.78, 5) is 0. The van der Waals surface area contributed by atoms with E-state index < -0.39 is 12.4 Å². The van der Waals surface area contributed by atoms with E-state index in [0.29, 0.717) is 11.4 Å². The van der Waals surface area contributed by atoms with Crippen LogP contribution in [0.2, 0.25) is 5.02 Å². The van der Waals surface area contributed by atoms with Gasteiger partial charge in [0.05, 0.1) is 5.02 Å². The molecule has 0 fully saturated rings. The average molecular weight is 347 g/mol. The number of hydrogen-bond donors (Lipinski definition) is 2. The van der Waals surface area contributed by atoms with Crippen LogP contribution in [0.1, 0.15) is 0 Å². The van der Waals surface area contributed by atoms with Crippen LogP contribution < -0.4 is 15.4 Å². The fourth-order valence-corrected chi connectivity index (χ4v) is 2.00. The van der Waals surface area contributed by atoms with Gasteiger partial charge < -0.3 is 15.4 Å². The Morgan fingerprint density at radius 2 is 1.64 bits per heavy atom. The molecule has 0 aliphatic rings. The van der Waals surface area contributed by atoms with Crippen molar-refractivity contribution in [2.45, 2.75) is 6.61 Å². The minimum Gasteiger partial charge on any atom is -0.435 e. The molecule has 0 saturated heterocycles. The Balaban J connectivity index is 1.95. The van der Waals surface area contributed by atoms with E-state index in [2.05, 4.69) is 15.4 Å². The van der Waals surface area contributed by atoms with E-state index in [0.717, 1.165) is 0 Å². The highest BCUT2D eigenvalue weighted by molar-refractivity contribution is 7.80. The molecule has 0 radical (unpaired) electrons. The molecule has 0 amide bonds. The maximum Gasteiger partial charge on any atom is 0.387 e. The van der Waals surface area contributed by atoms with Crippen molar-refractivity contribution in [2.24, 2.45) is 0 Å². The van der Waals surface area contributed by atoms with Gasteiger partial charge in [-0.1, -0.05) is 11.6 Å². The average Bonchev–Trinajstić information content (AvgIpc) is 2.44. The van der Waals surface area contributed by atoms with Gasteiger partial charge in [-0.3, -0.25) is 0 Å². The minimum atomic E-state index is -2.87. The highest BCUT2D eigenvalue weighted by atomic mass is 35.5. The number of thiocarbonyl (C=S) groups is 1. The van der Waals surface area contributed by atoms with Crippen molar-refractivity contribution in [1.29, 1.82) is 0 Å². The predicted octanol–water partition coefficient (Wildman–Crippen LogP) is 4.89. The maximum atomic E-state index is 13.0. The van der Waals surface area contributed by atoms with E-state index in [-0.39, 0.29) is 15.9 Å². The molecule has 0 aliphatic heterocycles. The van der Waals surface area contributed by atoms with Gasteiger partial charge in [-0.2, -0.15) is 8.78 Å². The van der Waals surface area contributed by atoms with Gasteiger partial charge in [0, 0.05) is 11.4 Å². The van der Waals surface area contributed by atoms with Crippen LogP contribution in [0.25, 0.3) is 0 Å². The smallest absolute Gasteiger partial charge is 0.387 e. The van der Waals surface area contributed by atoms with Crippen molar-refractivity contribution in [2.75, 3.05) is 10.6 Å². The van der Waals surface area contributed by atoms with Crippen molar-refractivity contribution >= 4 is 40.3 Å². The SMILES string of the molecule is Fc1ccc(NC(=S)Nc2ccc(OC(F)F)cc2)cc1Cl. The predicted molar refractivity (Wildman–Crippen MR) is 84.3 cm³/mol. The normalized spacial score (nSPS) is 10.4. The van der Waals surface area contributed by atoms with Crippen LogP contribution in [0.3, 0.4) is 0 Å². The molecule has 3 nitrogen and oxygen atoms in total. The lowest BCUT2D eigenvalue weighted by Crippen LogP contribution is -2.19. The molecule has 0 aromatic heterocycles. The fraction of sp³-hybridized carbons (Fsp3) is 0.0714. The number of halogens is 4. The summed E-state index contributed by atoms with van der Waals surface area (Å²) in [6.07, 6.45) is 0. The second-order valence-corrected chi connectivity index (χ2v) is 4.93. The number of anilines is 2. The molecular formula is C14H10ClF3N2OS. The van der Waals surface area contributed by atoms with Crippen molar-refractivity contribution < 1.29 is 17.9 Å². The molecule has 2 aromatic rings. The molecule has 22 heavy (non-hydrogen) atoms. The molecule has 2 rings (SSSR count). The molecule has 0 heterocycles. The summed E-state index contributed by atoms with van der Waals surface area (Å²) < 4.78 is 41.3. The Bertz CT molecular complexity index is 668. The van der Waals surface area contributed by atoms with Crippen molar-refractivity contribution in [1.82, 2.24) is 0 Å². The molecule has 0 bridgehead atoms. The van der Waals surface area contributed by atoms with Crippen LogP contribution in [0, 0.1) is 5.82 Å². The van der Waals surface area contributed by atoms with Crippen molar-refractivity contribution in [3.05, 3.63) is 53.3 Å². The Morgan fingerprint density at radius 3 is 2.23 bits per heavy atom. The van der Waals surface area contributed by atoms with Crippen LogP contribution in [-0.4, -0.2) is 11.7 Å². The third-order valence-corrected chi connectivity index (χ3v) is 3.01. The van der Waals surface area contributed by atoms with Gasteiger partial charge >= 0.3 is 6.61 Å². The highest BCUT2D eigenvalue weighted by Crippen LogP contribution is 2.20. The molecule has 116 valence electrons. The van der Waals surface area contributed by atoms with Crippen LogP contribution in [0.5, 0.6) is 5.75 Å². The number of hydrogen-bond acceptors (Lipinski definition) is 2. The van der Waals surface area contributed by atoms with Crippen LogP contribution >= 0.6 is 23.8 Å². The molecule has 0 aliphatic carbocycles. The lowest BCUT2D eigenvalue weighted by Gasteiger charge is -2.11. The summed E-state index contributed by atoms with van der Waals surface area (Å²) in [6, 6.07) is 9.91. The van der Waals surface area contributed by atoms with Crippen LogP contribution in [0.15, 0.2) is 42.5 Å². The Hall–Kier alpha value is -1.99. The van der Waals surface area contributed by atoms with Crippen molar-refractivity contribution in [3.63, 3.8) is 0 Å². The number of ether oxygens (including phenoxy) is 1. The molecule has 2 aromatic carbocycles. The first-order chi connectivity index (χ1) is 10.4. The third-order valence-electron chi connectivity index (χ3n) is 2.51. The van der Waals surface area contributed by atoms with E-state index in [9.17, 15) is 13.2 Å². The Labute approximate surface area is 135 Å². The zero-order chi connectivity index (χ0) is 16.1. The lowest BCUT2D eigenvalue weighted by molar-refractivity contribution is -0.0498. The standard InChI is InChI=1S/C14H10ClF3N2OS/c15-11-7-9(3-6-12(11)16)20-14(22)19-8-1-4-10(5-2-8)21-13(17)18/h1-7,13H,(H2,19,20,22). The van der Waals surface area contributed by atoms with E-state index in [4.69, 9.17) is 23.8 Å². The molecule has 0 atom stereocenters. The summed E-state index contributed by atoms with van der Waals surface area (Å²) in [7, 11) is 0. The van der Waals surface area contributed by atoms with Crippen LogP contribution in [0.4, 0.5) is 24.5 Å². The number of benzene rings is 2. The monoisotopic (exact) mass is 346 g/mol. The minimum absolute atomic E-state index is 0.0266. The summed E-state index contributed by atoms with van der Waals surface area (Å²) >= 11 is 10.7. The van der Waals surface area contributed by atoms with Gasteiger partial charge in [0.1, 0.15) is 11.6 Å². The summed E-state index contributed by atoms with van der Waals surface area (Å²) in [6.45, 7) is -2.87. The van der Waals surface area contributed by atoms with E-state index in [1.165, 1.54) is 42.5 Å². The summed E-state index contributed by atoms with van der Waals surface area (Å²) in [5.74, 6) is -0.481. The number of nitrogens with one attached hydrogen (secondary N) is 2. The first kappa shape index (κ1) is 16.4. The Kier molecular flexibility index (Phi) is 5.46. The largest absolute Gasteiger partial charge is 0.435 e. The van der Waals surface area contributed by atoms with Gasteiger partial charge in [0.2, 0.25) is 0 Å². The molecule has 0 spiro atoms. The highest BCUT2D eigenvalue weighted by Gasteiger charge is 2.05. The zero-order valence-electron chi connectivity index (χ0n) is 10.9. The van der Waals surface area contributed by atoms with Crippen molar-refractivity contribution in [3.8, 4) is 5.75 Å². The summed E-state index contributed by atoms with van der Waals surface area (Å²) in [5, 5.41) is 5.88. The van der Waals surface area contributed by atoms with E-state index >= 15 is 0 Å². The van der Waals surface area contributed by atoms with Crippen LogP contribution in [-0.2, 0) is 0 Å². The quantitative estimate of drug-likeness (QED) is 0.772. The lowest BCUT2D eigenvalue weighted by atomic mass is 10.3. The number of alkyl halides is 2. The van der Waals surface area contributed by atoms with Gasteiger partial charge in [-0.05, 0) is 54.7 Å². The molecule has 2 N–H and O–H groups in total. The number of rotatable bonds is 4. The van der Waals surface area contributed by atoms with Gasteiger partial charge in [-0.25, -0.2) is 4.39 Å². The second-order valence-electron chi connectivity index (χ2n) is 4.11. The third kappa shape index (κ3) is 4.78. The zero-order valence-corrected chi connectivity index (χ0v) is 12.5. The molecular weight excluding hydrogens is 337 g/mol. The van der Waals surface area contributed by atoms with Gasteiger partial charge in [-0.15, -0.1) is 0 Å². The molecule has 8 heteroatoms. The van der Waals surface area contributed by atoms with E-state index in [1.54, 1.807) is 0 Å². The topological polar surface area (TPSA) is 33.3 Å². The Morgan fingerprint density at radius 1 is 1.05 bits per heavy atom.